The summed E-state index contributed by atoms with van der Waals surface area (Å²) in [5.74, 6) is -0.570. The Morgan fingerprint density at radius 2 is 1.86 bits per heavy atom. The number of rotatable bonds is 7. The summed E-state index contributed by atoms with van der Waals surface area (Å²) in [6.07, 6.45) is 10.5. The quantitative estimate of drug-likeness (QED) is 0.412. The van der Waals surface area contributed by atoms with E-state index in [-0.39, 0.29) is 18.9 Å². The molecule has 1 atom stereocenters. The molecule has 0 aromatic rings. The molecule has 0 unspecified atom stereocenters. The Hall–Kier alpha value is -1.39. The SMILES string of the molecule is CCOC(=O)C(=O)C[C@H](/C=N/N1CCCC1)C1CCCCC1. The zero-order valence-corrected chi connectivity index (χ0v) is 13.6. The van der Waals surface area contributed by atoms with Crippen LogP contribution in [0.25, 0.3) is 0 Å². The first kappa shape index (κ1) is 17.0. The highest BCUT2D eigenvalue weighted by Gasteiger charge is 2.28. The molecule has 1 aliphatic carbocycles. The average molecular weight is 308 g/mol. The van der Waals surface area contributed by atoms with Gasteiger partial charge in [0.2, 0.25) is 5.78 Å². The van der Waals surface area contributed by atoms with Gasteiger partial charge in [-0.1, -0.05) is 19.3 Å². The van der Waals surface area contributed by atoms with Gasteiger partial charge in [0.25, 0.3) is 0 Å². The third kappa shape index (κ3) is 5.11. The Morgan fingerprint density at radius 3 is 2.50 bits per heavy atom. The summed E-state index contributed by atoms with van der Waals surface area (Å²) in [5, 5.41) is 6.64. The first-order valence-corrected chi connectivity index (χ1v) is 8.69. The Labute approximate surface area is 133 Å². The fraction of sp³-hybridized carbons (Fsp3) is 0.824. The van der Waals surface area contributed by atoms with E-state index in [2.05, 4.69) is 10.1 Å². The maximum atomic E-state index is 12.0. The van der Waals surface area contributed by atoms with Gasteiger partial charge in [0.15, 0.2) is 0 Å². The Morgan fingerprint density at radius 1 is 1.18 bits per heavy atom. The minimum absolute atomic E-state index is 0.0674. The van der Waals surface area contributed by atoms with Crippen molar-refractivity contribution in [2.75, 3.05) is 19.7 Å². The molecule has 0 aromatic carbocycles. The van der Waals surface area contributed by atoms with E-state index in [9.17, 15) is 9.59 Å². The van der Waals surface area contributed by atoms with E-state index in [0.717, 1.165) is 25.9 Å². The molecular formula is C17H28N2O3. The summed E-state index contributed by atoms with van der Waals surface area (Å²) in [7, 11) is 0. The number of hydrogen-bond donors (Lipinski definition) is 0. The number of hydrazone groups is 1. The minimum Gasteiger partial charge on any atom is -0.460 e. The fourth-order valence-electron chi connectivity index (χ4n) is 3.41. The molecule has 0 aromatic heterocycles. The maximum Gasteiger partial charge on any atom is 0.374 e. The molecule has 124 valence electrons. The van der Waals surface area contributed by atoms with Gasteiger partial charge < -0.3 is 4.74 Å². The first-order chi connectivity index (χ1) is 10.7. The Kier molecular flexibility index (Phi) is 6.87. The molecule has 22 heavy (non-hydrogen) atoms. The lowest BCUT2D eigenvalue weighted by molar-refractivity contribution is -0.153. The molecule has 2 fully saturated rings. The molecule has 1 saturated heterocycles. The molecule has 0 amide bonds. The summed E-state index contributed by atoms with van der Waals surface area (Å²) in [6, 6.07) is 0. The van der Waals surface area contributed by atoms with Crippen molar-refractivity contribution in [1.29, 1.82) is 0 Å². The molecule has 0 radical (unpaired) electrons. The van der Waals surface area contributed by atoms with Crippen LogP contribution in [0.2, 0.25) is 0 Å². The van der Waals surface area contributed by atoms with Crippen LogP contribution in [0.15, 0.2) is 5.10 Å². The smallest absolute Gasteiger partial charge is 0.374 e. The van der Waals surface area contributed by atoms with Crippen molar-refractivity contribution in [3.8, 4) is 0 Å². The van der Waals surface area contributed by atoms with E-state index in [1.165, 1.54) is 32.1 Å². The van der Waals surface area contributed by atoms with Gasteiger partial charge in [-0.3, -0.25) is 9.80 Å². The monoisotopic (exact) mass is 308 g/mol. The molecular weight excluding hydrogens is 280 g/mol. The molecule has 2 aliphatic rings. The van der Waals surface area contributed by atoms with Gasteiger partial charge in [-0.05, 0) is 38.5 Å². The second-order valence-electron chi connectivity index (χ2n) is 6.34. The van der Waals surface area contributed by atoms with Gasteiger partial charge in [-0.25, -0.2) is 4.79 Å². The third-order valence-electron chi connectivity index (χ3n) is 4.68. The molecule has 0 bridgehead atoms. The molecule has 0 N–H and O–H groups in total. The molecule has 1 heterocycles. The zero-order valence-electron chi connectivity index (χ0n) is 13.6. The van der Waals surface area contributed by atoms with Crippen molar-refractivity contribution >= 4 is 18.0 Å². The van der Waals surface area contributed by atoms with Crippen molar-refractivity contribution < 1.29 is 14.3 Å². The third-order valence-corrected chi connectivity index (χ3v) is 4.68. The van der Waals surface area contributed by atoms with Crippen LogP contribution in [0, 0.1) is 11.8 Å². The van der Waals surface area contributed by atoms with Crippen LogP contribution < -0.4 is 0 Å². The second-order valence-corrected chi connectivity index (χ2v) is 6.34. The van der Waals surface area contributed by atoms with E-state index in [0.29, 0.717) is 5.92 Å². The van der Waals surface area contributed by atoms with E-state index in [4.69, 9.17) is 4.74 Å². The molecule has 2 rings (SSSR count). The van der Waals surface area contributed by atoms with Crippen LogP contribution in [0.5, 0.6) is 0 Å². The molecule has 5 heteroatoms. The van der Waals surface area contributed by atoms with Crippen LogP contribution in [0.3, 0.4) is 0 Å². The van der Waals surface area contributed by atoms with Crippen molar-refractivity contribution in [2.24, 2.45) is 16.9 Å². The maximum absolute atomic E-state index is 12.0. The van der Waals surface area contributed by atoms with E-state index in [1.54, 1.807) is 6.92 Å². The minimum atomic E-state index is -0.696. The molecule has 1 aliphatic heterocycles. The number of ether oxygens (including phenoxy) is 1. The topological polar surface area (TPSA) is 59.0 Å². The Balaban J connectivity index is 1.96. The van der Waals surface area contributed by atoms with E-state index < -0.39 is 11.8 Å². The summed E-state index contributed by atoms with van der Waals surface area (Å²) < 4.78 is 4.83. The van der Waals surface area contributed by atoms with Crippen molar-refractivity contribution in [1.82, 2.24) is 5.01 Å². The van der Waals surface area contributed by atoms with Crippen LogP contribution in [0.1, 0.15) is 58.3 Å². The molecule has 0 spiro atoms. The van der Waals surface area contributed by atoms with Gasteiger partial charge in [0.1, 0.15) is 0 Å². The number of hydrogen-bond acceptors (Lipinski definition) is 5. The standard InChI is InChI=1S/C17H28N2O3/c1-2-22-17(21)16(20)12-15(14-8-4-3-5-9-14)13-18-19-10-6-7-11-19/h13-15H,2-12H2,1H3/b18-13+/t15-/m1/s1. The number of ketones is 1. The van der Waals surface area contributed by atoms with Gasteiger partial charge in [-0.2, -0.15) is 5.10 Å². The molecule has 1 saturated carbocycles. The fourth-order valence-corrected chi connectivity index (χ4v) is 3.41. The van der Waals surface area contributed by atoms with Gasteiger partial charge in [0.05, 0.1) is 6.61 Å². The van der Waals surface area contributed by atoms with Crippen molar-refractivity contribution in [2.45, 2.75) is 58.3 Å². The highest BCUT2D eigenvalue weighted by molar-refractivity contribution is 6.33. The van der Waals surface area contributed by atoms with Crippen molar-refractivity contribution in [3.63, 3.8) is 0 Å². The number of nitrogens with zero attached hydrogens (tertiary/aromatic N) is 2. The summed E-state index contributed by atoms with van der Waals surface area (Å²) >= 11 is 0. The number of Topliss-reactive ketones (excluding diaryl/α,β-unsaturated/α-hetero) is 1. The summed E-state index contributed by atoms with van der Waals surface area (Å²) in [5.41, 5.74) is 0. The van der Waals surface area contributed by atoms with Gasteiger partial charge >= 0.3 is 5.97 Å². The summed E-state index contributed by atoms with van der Waals surface area (Å²) in [4.78, 5) is 23.6. The van der Waals surface area contributed by atoms with Crippen LogP contribution in [-0.2, 0) is 14.3 Å². The van der Waals surface area contributed by atoms with Crippen molar-refractivity contribution in [3.05, 3.63) is 0 Å². The average Bonchev–Trinajstić information content (AvgIpc) is 3.05. The number of carbonyl (C=O) groups is 2. The van der Waals surface area contributed by atoms with Crippen LogP contribution >= 0.6 is 0 Å². The first-order valence-electron chi connectivity index (χ1n) is 8.69. The highest BCUT2D eigenvalue weighted by Crippen LogP contribution is 2.31. The largest absolute Gasteiger partial charge is 0.460 e. The highest BCUT2D eigenvalue weighted by atomic mass is 16.5. The summed E-state index contributed by atoms with van der Waals surface area (Å²) in [6.45, 7) is 3.97. The predicted octanol–water partition coefficient (Wildman–Crippen LogP) is 2.79. The van der Waals surface area contributed by atoms with Crippen LogP contribution in [0.4, 0.5) is 0 Å². The lowest BCUT2D eigenvalue weighted by atomic mass is 9.78. The number of esters is 1. The lowest BCUT2D eigenvalue weighted by Crippen LogP contribution is -2.27. The molecule has 5 nitrogen and oxygen atoms in total. The zero-order chi connectivity index (χ0) is 15.8. The van der Waals surface area contributed by atoms with E-state index in [1.807, 2.05) is 6.21 Å². The predicted molar refractivity (Wildman–Crippen MR) is 85.6 cm³/mol. The lowest BCUT2D eigenvalue weighted by Gasteiger charge is -2.27. The van der Waals surface area contributed by atoms with Gasteiger partial charge in [-0.15, -0.1) is 0 Å². The van der Waals surface area contributed by atoms with E-state index >= 15 is 0 Å². The Bertz CT molecular complexity index is 397. The number of carbonyl (C=O) groups excluding carboxylic acids is 2. The second kappa shape index (κ2) is 8.91. The normalized spacial score (nSPS) is 21.2. The van der Waals surface area contributed by atoms with Gasteiger partial charge in [0, 0.05) is 31.6 Å². The van der Waals surface area contributed by atoms with Crippen LogP contribution in [-0.4, -0.2) is 42.7 Å².